The van der Waals surface area contributed by atoms with E-state index in [9.17, 15) is 18.0 Å². The topological polar surface area (TPSA) is 64.4 Å². The molecule has 1 aliphatic heterocycles. The zero-order valence-electron chi connectivity index (χ0n) is 12.0. The van der Waals surface area contributed by atoms with Gasteiger partial charge in [-0.3, -0.25) is 4.79 Å². The summed E-state index contributed by atoms with van der Waals surface area (Å²) in [4.78, 5) is 12.0. The third kappa shape index (κ3) is 4.99. The first-order chi connectivity index (χ1) is 10.4. The highest BCUT2D eigenvalue weighted by Crippen LogP contribution is 2.24. The van der Waals surface area contributed by atoms with Gasteiger partial charge in [0.1, 0.15) is 6.10 Å². The number of hydrogen-bond acceptors (Lipinski definition) is 3. The fourth-order valence-corrected chi connectivity index (χ4v) is 2.39. The average Bonchev–Trinajstić information content (AvgIpc) is 2.94. The van der Waals surface area contributed by atoms with E-state index in [1.165, 1.54) is 0 Å². The molecule has 1 amide bonds. The quantitative estimate of drug-likeness (QED) is 0.878. The molecule has 1 aliphatic rings. The number of halogens is 3. The van der Waals surface area contributed by atoms with Crippen LogP contribution >= 0.6 is 0 Å². The summed E-state index contributed by atoms with van der Waals surface area (Å²) in [6.07, 6.45) is -4.49. The lowest BCUT2D eigenvalue weighted by Crippen LogP contribution is -2.29. The Labute approximate surface area is 126 Å². The van der Waals surface area contributed by atoms with Crippen molar-refractivity contribution in [1.29, 1.82) is 0 Å². The maximum Gasteiger partial charge on any atom is 0.389 e. The van der Waals surface area contributed by atoms with Crippen molar-refractivity contribution in [1.82, 2.24) is 0 Å². The van der Waals surface area contributed by atoms with Crippen molar-refractivity contribution in [3.63, 3.8) is 0 Å². The van der Waals surface area contributed by atoms with E-state index in [2.05, 4.69) is 5.32 Å². The number of rotatable bonds is 5. The normalized spacial score (nSPS) is 21.8. The van der Waals surface area contributed by atoms with Crippen LogP contribution in [0.2, 0.25) is 0 Å². The van der Waals surface area contributed by atoms with E-state index < -0.39 is 18.7 Å². The Kier molecular flexibility index (Phi) is 5.42. The molecule has 2 atom stereocenters. The molecule has 4 nitrogen and oxygen atoms in total. The number of ether oxygens (including phenoxy) is 1. The third-order valence-electron chi connectivity index (χ3n) is 3.55. The highest BCUT2D eigenvalue weighted by molar-refractivity contribution is 5.94. The lowest BCUT2D eigenvalue weighted by atomic mass is 10.1. The summed E-state index contributed by atoms with van der Waals surface area (Å²) >= 11 is 0. The molecule has 2 rings (SSSR count). The van der Waals surface area contributed by atoms with Gasteiger partial charge in [0.05, 0.1) is 6.10 Å². The number of hydrogen-bond donors (Lipinski definition) is 2. The van der Waals surface area contributed by atoms with Crippen molar-refractivity contribution in [2.75, 3.05) is 11.9 Å². The molecule has 0 aliphatic carbocycles. The van der Waals surface area contributed by atoms with E-state index >= 15 is 0 Å². The molecule has 3 N–H and O–H groups in total. The number of alkyl halides is 3. The molecule has 0 radical (unpaired) electrons. The largest absolute Gasteiger partial charge is 0.389 e. The zero-order chi connectivity index (χ0) is 16.2. The van der Waals surface area contributed by atoms with Crippen LogP contribution in [0.15, 0.2) is 24.3 Å². The molecule has 1 aromatic carbocycles. The lowest BCUT2D eigenvalue weighted by Gasteiger charge is -2.13. The van der Waals surface area contributed by atoms with Crippen LogP contribution in [-0.4, -0.2) is 30.8 Å². The van der Waals surface area contributed by atoms with Crippen LogP contribution in [0, 0.1) is 0 Å². The second kappa shape index (κ2) is 7.11. The molecule has 1 heterocycles. The SMILES string of the molecule is NC[C@H]1CC[C@@H](C(=O)Nc2cccc(CCC(F)(F)F)c2)O1. The summed E-state index contributed by atoms with van der Waals surface area (Å²) in [7, 11) is 0. The van der Waals surface area contributed by atoms with E-state index in [0.717, 1.165) is 6.42 Å². The number of carbonyl (C=O) groups is 1. The standard InChI is InChI=1S/C15H19F3N2O2/c16-15(17,18)7-6-10-2-1-3-11(8-10)20-14(21)13-5-4-12(9-19)22-13/h1-3,8,12-13H,4-7,9,19H2,(H,20,21)/t12-,13+/m1/s1. The molecule has 0 bridgehead atoms. The highest BCUT2D eigenvalue weighted by atomic mass is 19.4. The maximum atomic E-state index is 12.2. The molecule has 7 heteroatoms. The van der Waals surface area contributed by atoms with E-state index in [1.807, 2.05) is 0 Å². The molecule has 0 saturated carbocycles. The number of nitrogens with two attached hydrogens (primary N) is 1. The van der Waals surface area contributed by atoms with Crippen LogP contribution in [0.3, 0.4) is 0 Å². The summed E-state index contributed by atoms with van der Waals surface area (Å²) in [5.74, 6) is -0.288. The molecular formula is C15H19F3N2O2. The van der Waals surface area contributed by atoms with Gasteiger partial charge in [-0.05, 0) is 37.0 Å². The van der Waals surface area contributed by atoms with Crippen LogP contribution in [0.1, 0.15) is 24.8 Å². The van der Waals surface area contributed by atoms with Crippen molar-refractivity contribution in [2.24, 2.45) is 5.73 Å². The van der Waals surface area contributed by atoms with Crippen molar-refractivity contribution >= 4 is 11.6 Å². The average molecular weight is 316 g/mol. The minimum atomic E-state index is -4.19. The van der Waals surface area contributed by atoms with E-state index in [0.29, 0.717) is 24.2 Å². The van der Waals surface area contributed by atoms with Crippen LogP contribution in [0.5, 0.6) is 0 Å². The smallest absolute Gasteiger partial charge is 0.364 e. The third-order valence-corrected chi connectivity index (χ3v) is 3.55. The number of benzene rings is 1. The van der Waals surface area contributed by atoms with Gasteiger partial charge in [0.25, 0.3) is 5.91 Å². The Morgan fingerprint density at radius 2 is 2.14 bits per heavy atom. The number of anilines is 1. The van der Waals surface area contributed by atoms with Crippen molar-refractivity contribution in [3.05, 3.63) is 29.8 Å². The van der Waals surface area contributed by atoms with Gasteiger partial charge in [0.2, 0.25) is 0 Å². The number of carbonyl (C=O) groups excluding carboxylic acids is 1. The minimum Gasteiger partial charge on any atom is -0.364 e. The van der Waals surface area contributed by atoms with Crippen molar-refractivity contribution in [3.8, 4) is 0 Å². The summed E-state index contributed by atoms with van der Waals surface area (Å²) in [5.41, 5.74) is 6.49. The Morgan fingerprint density at radius 1 is 1.36 bits per heavy atom. The van der Waals surface area contributed by atoms with Crippen LogP contribution in [0.25, 0.3) is 0 Å². The summed E-state index contributed by atoms with van der Waals surface area (Å²) in [6.45, 7) is 0.372. The zero-order valence-corrected chi connectivity index (χ0v) is 12.0. The van der Waals surface area contributed by atoms with Gasteiger partial charge in [-0.2, -0.15) is 13.2 Å². The van der Waals surface area contributed by atoms with Crippen LogP contribution in [-0.2, 0) is 16.0 Å². The van der Waals surface area contributed by atoms with Gasteiger partial charge in [0.15, 0.2) is 0 Å². The monoisotopic (exact) mass is 316 g/mol. The van der Waals surface area contributed by atoms with Crippen LogP contribution < -0.4 is 11.1 Å². The number of nitrogens with one attached hydrogen (secondary N) is 1. The summed E-state index contributed by atoms with van der Waals surface area (Å²) in [5, 5.41) is 2.68. The van der Waals surface area contributed by atoms with Crippen molar-refractivity contribution in [2.45, 2.75) is 44.1 Å². The second-order valence-electron chi connectivity index (χ2n) is 5.36. The maximum absolute atomic E-state index is 12.2. The molecule has 1 saturated heterocycles. The summed E-state index contributed by atoms with van der Waals surface area (Å²) in [6, 6.07) is 6.43. The Balaban J connectivity index is 1.91. The van der Waals surface area contributed by atoms with E-state index in [1.54, 1.807) is 24.3 Å². The van der Waals surface area contributed by atoms with Gasteiger partial charge in [-0.25, -0.2) is 0 Å². The second-order valence-corrected chi connectivity index (χ2v) is 5.36. The molecule has 0 spiro atoms. The van der Waals surface area contributed by atoms with Crippen molar-refractivity contribution < 1.29 is 22.7 Å². The fraction of sp³-hybridized carbons (Fsp3) is 0.533. The molecule has 1 aromatic rings. The Hall–Kier alpha value is -1.60. The van der Waals surface area contributed by atoms with Gasteiger partial charge in [-0.15, -0.1) is 0 Å². The number of amides is 1. The predicted octanol–water partition coefficient (Wildman–Crippen LogP) is 2.63. The van der Waals surface area contributed by atoms with Crippen LogP contribution in [0.4, 0.5) is 18.9 Å². The minimum absolute atomic E-state index is 0.103. The molecular weight excluding hydrogens is 297 g/mol. The Morgan fingerprint density at radius 3 is 2.77 bits per heavy atom. The molecule has 122 valence electrons. The first-order valence-electron chi connectivity index (χ1n) is 7.19. The Bertz CT molecular complexity index is 520. The molecule has 1 fully saturated rings. The molecule has 0 aromatic heterocycles. The van der Waals surface area contributed by atoms with E-state index in [-0.39, 0.29) is 18.4 Å². The summed E-state index contributed by atoms with van der Waals surface area (Å²) < 4.78 is 42.2. The lowest BCUT2D eigenvalue weighted by molar-refractivity contribution is -0.134. The van der Waals surface area contributed by atoms with Gasteiger partial charge in [0, 0.05) is 18.7 Å². The van der Waals surface area contributed by atoms with Gasteiger partial charge >= 0.3 is 6.18 Å². The molecule has 0 unspecified atom stereocenters. The highest BCUT2D eigenvalue weighted by Gasteiger charge is 2.30. The van der Waals surface area contributed by atoms with E-state index in [4.69, 9.17) is 10.5 Å². The molecule has 22 heavy (non-hydrogen) atoms. The first kappa shape index (κ1) is 16.8. The number of aryl methyl sites for hydroxylation is 1. The predicted molar refractivity (Wildman–Crippen MR) is 76.4 cm³/mol. The van der Waals surface area contributed by atoms with Gasteiger partial charge < -0.3 is 15.8 Å². The fourth-order valence-electron chi connectivity index (χ4n) is 2.39. The first-order valence-corrected chi connectivity index (χ1v) is 7.19. The van der Waals surface area contributed by atoms with Gasteiger partial charge in [-0.1, -0.05) is 12.1 Å².